The summed E-state index contributed by atoms with van der Waals surface area (Å²) in [6.07, 6.45) is 0.966. The lowest BCUT2D eigenvalue weighted by atomic mass is 10.1. The van der Waals surface area contributed by atoms with E-state index in [4.69, 9.17) is 17.3 Å². The fourth-order valence-electron chi connectivity index (χ4n) is 2.40. The van der Waals surface area contributed by atoms with Crippen LogP contribution in [0.15, 0.2) is 24.3 Å². The number of nitrogens with one attached hydrogen (secondary N) is 1. The zero-order chi connectivity index (χ0) is 13.8. The molecule has 1 saturated heterocycles. The molecule has 1 aromatic rings. The molecular weight excluding hydrogens is 262 g/mol. The van der Waals surface area contributed by atoms with Crippen molar-refractivity contribution >= 4 is 17.5 Å². The van der Waals surface area contributed by atoms with Crippen LogP contribution in [0.3, 0.4) is 0 Å². The van der Waals surface area contributed by atoms with Gasteiger partial charge in [0.1, 0.15) is 0 Å². The van der Waals surface area contributed by atoms with Gasteiger partial charge in [-0.15, -0.1) is 0 Å². The van der Waals surface area contributed by atoms with E-state index in [1.807, 2.05) is 31.2 Å². The number of rotatable bonds is 4. The van der Waals surface area contributed by atoms with Crippen LogP contribution in [-0.4, -0.2) is 36.5 Å². The highest BCUT2D eigenvalue weighted by Gasteiger charge is 2.21. The highest BCUT2D eigenvalue weighted by Crippen LogP contribution is 2.22. The maximum absolute atomic E-state index is 12.0. The van der Waals surface area contributed by atoms with Gasteiger partial charge in [0.25, 0.3) is 0 Å². The van der Waals surface area contributed by atoms with Crippen molar-refractivity contribution in [1.29, 1.82) is 0 Å². The SMILES string of the molecule is CC(NC(=O)CN1CC[C@H](N)C1)c1ccccc1Cl. The van der Waals surface area contributed by atoms with Gasteiger partial charge in [0.2, 0.25) is 5.91 Å². The summed E-state index contributed by atoms with van der Waals surface area (Å²) in [4.78, 5) is 14.0. The second-order valence-corrected chi connectivity index (χ2v) is 5.50. The van der Waals surface area contributed by atoms with Crippen molar-refractivity contribution < 1.29 is 4.79 Å². The van der Waals surface area contributed by atoms with Crippen LogP contribution >= 0.6 is 11.6 Å². The lowest BCUT2D eigenvalue weighted by Gasteiger charge is -2.19. The molecule has 4 nitrogen and oxygen atoms in total. The molecule has 0 saturated carbocycles. The molecule has 1 unspecified atom stereocenters. The van der Waals surface area contributed by atoms with Gasteiger partial charge in [-0.25, -0.2) is 0 Å². The van der Waals surface area contributed by atoms with Crippen molar-refractivity contribution in [2.24, 2.45) is 5.73 Å². The molecule has 2 atom stereocenters. The standard InChI is InChI=1S/C14H20ClN3O/c1-10(12-4-2-3-5-13(12)15)17-14(19)9-18-7-6-11(16)8-18/h2-5,10-11H,6-9,16H2,1H3,(H,17,19)/t10?,11-/m0/s1. The monoisotopic (exact) mass is 281 g/mol. The molecule has 1 amide bonds. The first-order valence-corrected chi connectivity index (χ1v) is 6.96. The molecule has 0 radical (unpaired) electrons. The molecule has 1 heterocycles. The second kappa shape index (κ2) is 6.37. The van der Waals surface area contributed by atoms with Crippen molar-refractivity contribution in [1.82, 2.24) is 10.2 Å². The molecule has 1 aliphatic heterocycles. The third-order valence-corrected chi connectivity index (χ3v) is 3.77. The average Bonchev–Trinajstić information content (AvgIpc) is 2.74. The fourth-order valence-corrected chi connectivity index (χ4v) is 2.70. The smallest absolute Gasteiger partial charge is 0.234 e. The summed E-state index contributed by atoms with van der Waals surface area (Å²) in [6, 6.07) is 7.68. The molecule has 104 valence electrons. The molecule has 1 aromatic carbocycles. The van der Waals surface area contributed by atoms with Gasteiger partial charge in [-0.05, 0) is 25.0 Å². The average molecular weight is 282 g/mol. The first-order chi connectivity index (χ1) is 9.06. The van der Waals surface area contributed by atoms with Crippen LogP contribution < -0.4 is 11.1 Å². The zero-order valence-electron chi connectivity index (χ0n) is 11.1. The molecule has 0 aromatic heterocycles. The van der Waals surface area contributed by atoms with Crippen LogP contribution in [0.5, 0.6) is 0 Å². The molecule has 0 aliphatic carbocycles. The Morgan fingerprint density at radius 2 is 2.32 bits per heavy atom. The minimum Gasteiger partial charge on any atom is -0.348 e. The van der Waals surface area contributed by atoms with Gasteiger partial charge < -0.3 is 11.1 Å². The van der Waals surface area contributed by atoms with E-state index in [0.29, 0.717) is 11.6 Å². The third kappa shape index (κ3) is 3.93. The van der Waals surface area contributed by atoms with E-state index >= 15 is 0 Å². The third-order valence-electron chi connectivity index (χ3n) is 3.43. The highest BCUT2D eigenvalue weighted by atomic mass is 35.5. The van der Waals surface area contributed by atoms with Crippen molar-refractivity contribution in [3.8, 4) is 0 Å². The molecule has 3 N–H and O–H groups in total. The Morgan fingerprint density at radius 3 is 2.95 bits per heavy atom. The van der Waals surface area contributed by atoms with E-state index in [-0.39, 0.29) is 18.0 Å². The van der Waals surface area contributed by atoms with Crippen LogP contribution in [0.25, 0.3) is 0 Å². The van der Waals surface area contributed by atoms with Gasteiger partial charge >= 0.3 is 0 Å². The summed E-state index contributed by atoms with van der Waals surface area (Å²) in [5.74, 6) is 0.0153. The maximum Gasteiger partial charge on any atom is 0.234 e. The van der Waals surface area contributed by atoms with Gasteiger partial charge in [0.05, 0.1) is 12.6 Å². The molecule has 0 bridgehead atoms. The molecular formula is C14H20ClN3O. The largest absolute Gasteiger partial charge is 0.348 e. The van der Waals surface area contributed by atoms with Crippen molar-refractivity contribution in [2.45, 2.75) is 25.4 Å². The first kappa shape index (κ1) is 14.3. The highest BCUT2D eigenvalue weighted by molar-refractivity contribution is 6.31. The Morgan fingerprint density at radius 1 is 1.58 bits per heavy atom. The van der Waals surface area contributed by atoms with E-state index in [9.17, 15) is 4.79 Å². The second-order valence-electron chi connectivity index (χ2n) is 5.09. The number of amides is 1. The van der Waals surface area contributed by atoms with Gasteiger partial charge in [-0.3, -0.25) is 9.69 Å². The minimum absolute atomic E-state index is 0.0153. The van der Waals surface area contributed by atoms with Crippen LogP contribution in [0, 0.1) is 0 Å². The number of benzene rings is 1. The predicted molar refractivity (Wildman–Crippen MR) is 77.0 cm³/mol. The van der Waals surface area contributed by atoms with Crippen LogP contribution in [0.1, 0.15) is 24.9 Å². The number of halogens is 1. The van der Waals surface area contributed by atoms with Gasteiger partial charge in [0, 0.05) is 24.2 Å². The van der Waals surface area contributed by atoms with Crippen LogP contribution in [0.4, 0.5) is 0 Å². The zero-order valence-corrected chi connectivity index (χ0v) is 11.9. The quantitative estimate of drug-likeness (QED) is 0.880. The topological polar surface area (TPSA) is 58.4 Å². The Labute approximate surface area is 118 Å². The summed E-state index contributed by atoms with van der Waals surface area (Å²) in [6.45, 7) is 4.04. The molecule has 19 heavy (non-hydrogen) atoms. The number of nitrogens with zero attached hydrogens (tertiary/aromatic N) is 1. The molecule has 1 aliphatic rings. The summed E-state index contributed by atoms with van der Waals surface area (Å²) < 4.78 is 0. The number of hydrogen-bond acceptors (Lipinski definition) is 3. The lowest BCUT2D eigenvalue weighted by Crippen LogP contribution is -2.38. The number of likely N-dealkylation sites (tertiary alicyclic amines) is 1. The summed E-state index contributed by atoms with van der Waals surface area (Å²) >= 11 is 6.11. The van der Waals surface area contributed by atoms with Gasteiger partial charge in [-0.1, -0.05) is 29.8 Å². The van der Waals surface area contributed by atoms with E-state index in [0.717, 1.165) is 25.1 Å². The Hall–Kier alpha value is -1.10. The van der Waals surface area contributed by atoms with Gasteiger partial charge in [0.15, 0.2) is 0 Å². The maximum atomic E-state index is 12.0. The Kier molecular flexibility index (Phi) is 4.80. The predicted octanol–water partition coefficient (Wildman–Crippen LogP) is 1.55. The van der Waals surface area contributed by atoms with E-state index in [1.54, 1.807) is 0 Å². The summed E-state index contributed by atoms with van der Waals surface area (Å²) in [5, 5.41) is 3.65. The minimum atomic E-state index is -0.0857. The number of carbonyl (C=O) groups is 1. The van der Waals surface area contributed by atoms with Crippen molar-refractivity contribution in [3.05, 3.63) is 34.9 Å². The number of carbonyl (C=O) groups excluding carboxylic acids is 1. The molecule has 5 heteroatoms. The van der Waals surface area contributed by atoms with Crippen molar-refractivity contribution in [2.75, 3.05) is 19.6 Å². The van der Waals surface area contributed by atoms with E-state index in [2.05, 4.69) is 10.2 Å². The van der Waals surface area contributed by atoms with Crippen LogP contribution in [0.2, 0.25) is 5.02 Å². The lowest BCUT2D eigenvalue weighted by molar-refractivity contribution is -0.122. The normalized spacial score (nSPS) is 21.3. The molecule has 1 fully saturated rings. The molecule has 2 rings (SSSR count). The summed E-state index contributed by atoms with van der Waals surface area (Å²) in [5.41, 5.74) is 6.76. The van der Waals surface area contributed by atoms with Gasteiger partial charge in [-0.2, -0.15) is 0 Å². The van der Waals surface area contributed by atoms with Crippen molar-refractivity contribution in [3.63, 3.8) is 0 Å². The Bertz CT molecular complexity index is 452. The molecule has 0 spiro atoms. The first-order valence-electron chi connectivity index (χ1n) is 6.58. The fraction of sp³-hybridized carbons (Fsp3) is 0.500. The van der Waals surface area contributed by atoms with Crippen LogP contribution in [-0.2, 0) is 4.79 Å². The summed E-state index contributed by atoms with van der Waals surface area (Å²) in [7, 11) is 0. The number of nitrogens with two attached hydrogens (primary N) is 1. The Balaban J connectivity index is 1.87. The van der Waals surface area contributed by atoms with E-state index < -0.39 is 0 Å². The van der Waals surface area contributed by atoms with E-state index in [1.165, 1.54) is 0 Å². The number of hydrogen-bond donors (Lipinski definition) is 2.